The Morgan fingerprint density at radius 3 is 2.28 bits per heavy atom. The molecule has 0 aliphatic rings. The Morgan fingerprint density at radius 1 is 1.04 bits per heavy atom. The molecule has 7 nitrogen and oxygen atoms in total. The van der Waals surface area contributed by atoms with Gasteiger partial charge in [0.25, 0.3) is 11.8 Å². The smallest absolute Gasteiger partial charge is 0.259 e. The number of hydrogen-bond donors (Lipinski definition) is 2. The van der Waals surface area contributed by atoms with Crippen LogP contribution in [0.3, 0.4) is 0 Å². The average Bonchev–Trinajstić information content (AvgIpc) is 2.66. The third-order valence-electron chi connectivity index (χ3n) is 3.23. The van der Waals surface area contributed by atoms with Crippen LogP contribution in [0, 0.1) is 0 Å². The highest BCUT2D eigenvalue weighted by molar-refractivity contribution is 5.97. The number of nitrogens with one attached hydrogen (secondary N) is 2. The van der Waals surface area contributed by atoms with Gasteiger partial charge >= 0.3 is 0 Å². The Bertz CT molecular complexity index is 738. The van der Waals surface area contributed by atoms with Gasteiger partial charge in [0.1, 0.15) is 11.5 Å². The first-order chi connectivity index (χ1) is 12.1. The van der Waals surface area contributed by atoms with E-state index in [0.717, 1.165) is 5.56 Å². The van der Waals surface area contributed by atoms with E-state index in [2.05, 4.69) is 15.8 Å². The van der Waals surface area contributed by atoms with Gasteiger partial charge in [-0.3, -0.25) is 9.59 Å². The zero-order valence-electron chi connectivity index (χ0n) is 14.0. The molecule has 0 spiro atoms. The summed E-state index contributed by atoms with van der Waals surface area (Å²) in [6.45, 7) is -0.204. The summed E-state index contributed by atoms with van der Waals surface area (Å²) in [6.07, 6.45) is 1.52. The number of benzene rings is 2. The summed E-state index contributed by atoms with van der Waals surface area (Å²) in [4.78, 5) is 23.9. The van der Waals surface area contributed by atoms with Crippen molar-refractivity contribution in [1.82, 2.24) is 10.7 Å². The molecular weight excluding hydrogens is 322 g/mol. The molecule has 2 rings (SSSR count). The van der Waals surface area contributed by atoms with Crippen molar-refractivity contribution in [2.75, 3.05) is 20.8 Å². The standard InChI is InChI=1S/C18H19N3O4/c1-24-15-8-14(9-16(10-15)25-2)18(23)19-12-17(22)21-20-11-13-6-4-3-5-7-13/h3-11H,12H2,1-2H3,(H,19,23)(H,21,22)/b20-11+. The highest BCUT2D eigenvalue weighted by Gasteiger charge is 2.11. The highest BCUT2D eigenvalue weighted by atomic mass is 16.5. The van der Waals surface area contributed by atoms with Gasteiger partial charge in [0, 0.05) is 11.6 Å². The molecule has 0 heterocycles. The maximum atomic E-state index is 12.1. The summed E-state index contributed by atoms with van der Waals surface area (Å²) in [7, 11) is 2.99. The molecule has 2 N–H and O–H groups in total. The quantitative estimate of drug-likeness (QED) is 0.591. The minimum Gasteiger partial charge on any atom is -0.497 e. The van der Waals surface area contributed by atoms with Crippen LogP contribution >= 0.6 is 0 Å². The van der Waals surface area contributed by atoms with Crippen LogP contribution in [-0.4, -0.2) is 38.8 Å². The van der Waals surface area contributed by atoms with Crippen molar-refractivity contribution in [3.05, 3.63) is 59.7 Å². The maximum absolute atomic E-state index is 12.1. The summed E-state index contributed by atoms with van der Waals surface area (Å²) >= 11 is 0. The largest absolute Gasteiger partial charge is 0.497 e. The van der Waals surface area contributed by atoms with Crippen LogP contribution in [0.1, 0.15) is 15.9 Å². The van der Waals surface area contributed by atoms with Gasteiger partial charge in [-0.2, -0.15) is 5.10 Å². The maximum Gasteiger partial charge on any atom is 0.259 e. The van der Waals surface area contributed by atoms with E-state index in [1.165, 1.54) is 20.4 Å². The first-order valence-electron chi connectivity index (χ1n) is 7.50. The summed E-state index contributed by atoms with van der Waals surface area (Å²) in [5.41, 5.74) is 3.54. The number of methoxy groups -OCH3 is 2. The second-order valence-electron chi connectivity index (χ2n) is 4.99. The average molecular weight is 341 g/mol. The van der Waals surface area contributed by atoms with E-state index in [4.69, 9.17) is 9.47 Å². The van der Waals surface area contributed by atoms with E-state index < -0.39 is 11.8 Å². The summed E-state index contributed by atoms with van der Waals surface area (Å²) < 4.78 is 10.2. The van der Waals surface area contributed by atoms with E-state index in [0.29, 0.717) is 17.1 Å². The summed E-state index contributed by atoms with van der Waals surface area (Å²) in [6, 6.07) is 14.1. The fourth-order valence-electron chi connectivity index (χ4n) is 1.96. The lowest BCUT2D eigenvalue weighted by atomic mass is 10.2. The molecule has 0 bridgehead atoms. The molecule has 25 heavy (non-hydrogen) atoms. The van der Waals surface area contributed by atoms with Crippen LogP contribution in [0.4, 0.5) is 0 Å². The van der Waals surface area contributed by atoms with Crippen molar-refractivity contribution in [3.8, 4) is 11.5 Å². The van der Waals surface area contributed by atoms with Gasteiger partial charge < -0.3 is 14.8 Å². The highest BCUT2D eigenvalue weighted by Crippen LogP contribution is 2.22. The van der Waals surface area contributed by atoms with E-state index in [1.54, 1.807) is 18.2 Å². The van der Waals surface area contributed by atoms with Gasteiger partial charge in [-0.15, -0.1) is 0 Å². The Balaban J connectivity index is 1.87. The molecular formula is C18H19N3O4. The SMILES string of the molecule is COc1cc(OC)cc(C(=O)NCC(=O)N/N=C/c2ccccc2)c1. The molecule has 130 valence electrons. The van der Waals surface area contributed by atoms with Gasteiger partial charge in [-0.1, -0.05) is 30.3 Å². The first-order valence-corrected chi connectivity index (χ1v) is 7.50. The van der Waals surface area contributed by atoms with E-state index >= 15 is 0 Å². The van der Waals surface area contributed by atoms with Crippen molar-refractivity contribution >= 4 is 18.0 Å². The number of carbonyl (C=O) groups excluding carboxylic acids is 2. The Morgan fingerprint density at radius 2 is 1.68 bits per heavy atom. The molecule has 2 aromatic rings. The normalized spacial score (nSPS) is 10.3. The Kier molecular flexibility index (Phi) is 6.53. The van der Waals surface area contributed by atoms with E-state index in [-0.39, 0.29) is 6.54 Å². The van der Waals surface area contributed by atoms with Crippen molar-refractivity contribution < 1.29 is 19.1 Å². The molecule has 0 atom stereocenters. The van der Waals surface area contributed by atoms with Gasteiger partial charge in [-0.05, 0) is 17.7 Å². The van der Waals surface area contributed by atoms with E-state index in [9.17, 15) is 9.59 Å². The predicted octanol–water partition coefficient (Wildman–Crippen LogP) is 1.58. The number of nitrogens with zero attached hydrogens (tertiary/aromatic N) is 1. The molecule has 0 aromatic heterocycles. The molecule has 2 amide bonds. The molecule has 0 aliphatic carbocycles. The molecule has 0 aliphatic heterocycles. The van der Waals surface area contributed by atoms with Crippen molar-refractivity contribution in [1.29, 1.82) is 0 Å². The zero-order chi connectivity index (χ0) is 18.1. The van der Waals surface area contributed by atoms with Crippen LogP contribution in [0.25, 0.3) is 0 Å². The van der Waals surface area contributed by atoms with Crippen molar-refractivity contribution in [2.24, 2.45) is 5.10 Å². The Labute approximate surface area is 145 Å². The van der Waals surface area contributed by atoms with Crippen molar-refractivity contribution in [2.45, 2.75) is 0 Å². The number of hydrazone groups is 1. The molecule has 0 radical (unpaired) electrons. The molecule has 0 unspecified atom stereocenters. The van der Waals surface area contributed by atoms with Gasteiger partial charge in [-0.25, -0.2) is 5.43 Å². The number of rotatable bonds is 7. The fourth-order valence-corrected chi connectivity index (χ4v) is 1.96. The number of carbonyl (C=O) groups is 2. The van der Waals surface area contributed by atoms with Crippen LogP contribution in [0.5, 0.6) is 11.5 Å². The zero-order valence-corrected chi connectivity index (χ0v) is 14.0. The number of hydrogen-bond acceptors (Lipinski definition) is 5. The third kappa shape index (κ3) is 5.65. The van der Waals surface area contributed by atoms with Crippen LogP contribution < -0.4 is 20.2 Å². The van der Waals surface area contributed by atoms with Gasteiger partial charge in [0.15, 0.2) is 0 Å². The Hall–Kier alpha value is -3.35. The first kappa shape index (κ1) is 18.0. The van der Waals surface area contributed by atoms with Crippen molar-refractivity contribution in [3.63, 3.8) is 0 Å². The second kappa shape index (κ2) is 9.07. The third-order valence-corrected chi connectivity index (χ3v) is 3.23. The topological polar surface area (TPSA) is 89.0 Å². The van der Waals surface area contributed by atoms with Crippen LogP contribution in [-0.2, 0) is 4.79 Å². The van der Waals surface area contributed by atoms with Gasteiger partial charge in [0.05, 0.1) is 27.0 Å². The van der Waals surface area contributed by atoms with E-state index in [1.807, 2.05) is 30.3 Å². The van der Waals surface area contributed by atoms with Gasteiger partial charge in [0.2, 0.25) is 0 Å². The molecule has 7 heteroatoms. The van der Waals surface area contributed by atoms with Crippen LogP contribution in [0.2, 0.25) is 0 Å². The number of amides is 2. The molecule has 0 fully saturated rings. The second-order valence-corrected chi connectivity index (χ2v) is 4.99. The monoisotopic (exact) mass is 341 g/mol. The molecule has 0 saturated heterocycles. The predicted molar refractivity (Wildman–Crippen MR) is 94.1 cm³/mol. The number of ether oxygens (including phenoxy) is 2. The molecule has 0 saturated carbocycles. The minimum atomic E-state index is -0.435. The summed E-state index contributed by atoms with van der Waals surface area (Å²) in [5, 5.41) is 6.35. The molecule has 2 aromatic carbocycles. The van der Waals surface area contributed by atoms with Crippen LogP contribution in [0.15, 0.2) is 53.6 Å². The lowest BCUT2D eigenvalue weighted by molar-refractivity contribution is -0.120. The summed E-state index contributed by atoms with van der Waals surface area (Å²) in [5.74, 6) is 0.123. The lowest BCUT2D eigenvalue weighted by Crippen LogP contribution is -2.34. The fraction of sp³-hybridized carbons (Fsp3) is 0.167. The lowest BCUT2D eigenvalue weighted by Gasteiger charge is -2.08. The minimum absolute atomic E-state index is 0.204.